The van der Waals surface area contributed by atoms with Crippen LogP contribution in [-0.2, 0) is 29.5 Å². The third-order valence-corrected chi connectivity index (χ3v) is 7.21. The van der Waals surface area contributed by atoms with Crippen molar-refractivity contribution >= 4 is 26.5 Å². The molecule has 7 nitrogen and oxygen atoms in total. The number of fused-ring (bicyclic) bond motifs is 1. The first-order chi connectivity index (χ1) is 10.6. The SMILES string of the molecule is O=S(=O)(C1CC1)N1CCc2c(CNc3nccs3)n[nH]c2C1. The molecule has 0 spiro atoms. The molecule has 0 unspecified atom stereocenters. The third-order valence-electron chi connectivity index (χ3n) is 4.13. The quantitative estimate of drug-likeness (QED) is 0.857. The van der Waals surface area contributed by atoms with Gasteiger partial charge in [-0.05, 0) is 19.3 Å². The van der Waals surface area contributed by atoms with Crippen molar-refractivity contribution in [3.63, 3.8) is 0 Å². The first-order valence-electron chi connectivity index (χ1n) is 7.32. The number of thiazole rings is 1. The van der Waals surface area contributed by atoms with Gasteiger partial charge in [0.1, 0.15) is 0 Å². The Bertz CT molecular complexity index is 764. The Morgan fingerprint density at radius 2 is 2.32 bits per heavy atom. The lowest BCUT2D eigenvalue weighted by atomic mass is 10.1. The maximum atomic E-state index is 12.3. The Kier molecular flexibility index (Phi) is 3.43. The van der Waals surface area contributed by atoms with Crippen LogP contribution in [0.5, 0.6) is 0 Å². The van der Waals surface area contributed by atoms with Crippen LogP contribution in [0, 0.1) is 0 Å². The van der Waals surface area contributed by atoms with E-state index >= 15 is 0 Å². The second-order valence-corrected chi connectivity index (χ2v) is 8.75. The molecule has 0 amide bonds. The Balaban J connectivity index is 1.48. The number of rotatable bonds is 5. The molecule has 1 aliphatic heterocycles. The number of nitrogens with zero attached hydrogens (tertiary/aromatic N) is 3. The maximum absolute atomic E-state index is 12.3. The number of hydrogen-bond donors (Lipinski definition) is 2. The molecule has 22 heavy (non-hydrogen) atoms. The van der Waals surface area contributed by atoms with Gasteiger partial charge in [0.25, 0.3) is 0 Å². The molecule has 3 heterocycles. The summed E-state index contributed by atoms with van der Waals surface area (Å²) in [7, 11) is -3.11. The molecule has 118 valence electrons. The van der Waals surface area contributed by atoms with Crippen molar-refractivity contribution in [1.82, 2.24) is 19.5 Å². The molecule has 2 aromatic heterocycles. The fourth-order valence-corrected chi connectivity index (χ4v) is 5.11. The summed E-state index contributed by atoms with van der Waals surface area (Å²) in [5, 5.41) is 13.2. The topological polar surface area (TPSA) is 91.0 Å². The second-order valence-electron chi connectivity index (χ2n) is 5.65. The highest BCUT2D eigenvalue weighted by Gasteiger charge is 2.41. The first kappa shape index (κ1) is 14.2. The molecule has 0 saturated heterocycles. The van der Waals surface area contributed by atoms with Crippen molar-refractivity contribution in [3.05, 3.63) is 28.5 Å². The van der Waals surface area contributed by atoms with Crippen LogP contribution < -0.4 is 5.32 Å². The zero-order valence-electron chi connectivity index (χ0n) is 11.9. The Hall–Kier alpha value is -1.45. The van der Waals surface area contributed by atoms with Gasteiger partial charge in [-0.2, -0.15) is 9.40 Å². The van der Waals surface area contributed by atoms with Gasteiger partial charge in [-0.15, -0.1) is 11.3 Å². The summed E-state index contributed by atoms with van der Waals surface area (Å²) in [6.45, 7) is 1.57. The summed E-state index contributed by atoms with van der Waals surface area (Å²) < 4.78 is 26.2. The standard InChI is InChI=1S/C13H17N5O2S2/c19-22(20,9-1-2-9)18-5-3-10-11(16-17-12(10)8-18)7-15-13-14-4-6-21-13/h4,6,9H,1-3,5,7-8H2,(H,14,15)(H,16,17). The molecule has 0 radical (unpaired) electrons. The fourth-order valence-electron chi connectivity index (χ4n) is 2.77. The zero-order valence-corrected chi connectivity index (χ0v) is 13.6. The van der Waals surface area contributed by atoms with Crippen molar-refractivity contribution < 1.29 is 8.42 Å². The molecule has 0 bridgehead atoms. The van der Waals surface area contributed by atoms with Crippen molar-refractivity contribution in [2.45, 2.75) is 37.6 Å². The average Bonchev–Trinajstić information content (AvgIpc) is 3.12. The van der Waals surface area contributed by atoms with Gasteiger partial charge >= 0.3 is 0 Å². The van der Waals surface area contributed by atoms with Gasteiger partial charge in [0.05, 0.1) is 29.7 Å². The highest BCUT2D eigenvalue weighted by atomic mass is 32.2. The van der Waals surface area contributed by atoms with Crippen LogP contribution in [0.2, 0.25) is 0 Å². The summed E-state index contributed by atoms with van der Waals surface area (Å²) in [5.74, 6) is 0. The molecular formula is C13H17N5O2S2. The fraction of sp³-hybridized carbons (Fsp3) is 0.538. The lowest BCUT2D eigenvalue weighted by Crippen LogP contribution is -2.38. The van der Waals surface area contributed by atoms with E-state index in [0.717, 1.165) is 34.9 Å². The number of sulfonamides is 1. The Morgan fingerprint density at radius 1 is 1.45 bits per heavy atom. The summed E-state index contributed by atoms with van der Waals surface area (Å²) in [5.41, 5.74) is 3.02. The summed E-state index contributed by atoms with van der Waals surface area (Å²) in [4.78, 5) is 4.18. The number of nitrogens with one attached hydrogen (secondary N) is 2. The molecule has 2 aromatic rings. The molecule has 2 N–H and O–H groups in total. The summed E-state index contributed by atoms with van der Waals surface area (Å²) >= 11 is 1.55. The van der Waals surface area contributed by atoms with E-state index in [0.29, 0.717) is 26.1 Å². The number of aromatic nitrogens is 3. The molecule has 2 aliphatic rings. The Labute approximate surface area is 132 Å². The van der Waals surface area contributed by atoms with Gasteiger partial charge in [-0.3, -0.25) is 5.10 Å². The molecular weight excluding hydrogens is 322 g/mol. The highest BCUT2D eigenvalue weighted by Crippen LogP contribution is 2.33. The normalized spacial score (nSPS) is 19.1. The summed E-state index contributed by atoms with van der Waals surface area (Å²) in [6, 6.07) is 0. The van der Waals surface area contributed by atoms with Crippen LogP contribution in [0.4, 0.5) is 5.13 Å². The zero-order chi connectivity index (χ0) is 15.2. The van der Waals surface area contributed by atoms with Gasteiger partial charge in [0, 0.05) is 23.7 Å². The van der Waals surface area contributed by atoms with E-state index in [1.54, 1.807) is 21.8 Å². The number of hydrogen-bond acceptors (Lipinski definition) is 6. The van der Waals surface area contributed by atoms with Gasteiger partial charge in [0.2, 0.25) is 10.0 Å². The van der Waals surface area contributed by atoms with Crippen LogP contribution >= 0.6 is 11.3 Å². The minimum atomic E-state index is -3.11. The molecule has 0 atom stereocenters. The van der Waals surface area contributed by atoms with E-state index in [4.69, 9.17) is 0 Å². The average molecular weight is 339 g/mol. The van der Waals surface area contributed by atoms with Crippen molar-refractivity contribution in [1.29, 1.82) is 0 Å². The Morgan fingerprint density at radius 3 is 3.05 bits per heavy atom. The number of aromatic amines is 1. The number of anilines is 1. The highest BCUT2D eigenvalue weighted by molar-refractivity contribution is 7.90. The maximum Gasteiger partial charge on any atom is 0.217 e. The van der Waals surface area contributed by atoms with Gasteiger partial charge in [-0.25, -0.2) is 13.4 Å². The molecule has 1 fully saturated rings. The second kappa shape index (κ2) is 5.32. The molecule has 9 heteroatoms. The van der Waals surface area contributed by atoms with Gasteiger partial charge < -0.3 is 5.32 Å². The lowest BCUT2D eigenvalue weighted by Gasteiger charge is -2.26. The van der Waals surface area contributed by atoms with Gasteiger partial charge in [-0.1, -0.05) is 0 Å². The van der Waals surface area contributed by atoms with Crippen molar-refractivity contribution in [2.75, 3.05) is 11.9 Å². The van der Waals surface area contributed by atoms with Crippen LogP contribution in [0.15, 0.2) is 11.6 Å². The monoisotopic (exact) mass is 339 g/mol. The van der Waals surface area contributed by atoms with Crippen LogP contribution in [0.25, 0.3) is 0 Å². The smallest absolute Gasteiger partial charge is 0.217 e. The minimum absolute atomic E-state index is 0.150. The minimum Gasteiger partial charge on any atom is -0.356 e. The van der Waals surface area contributed by atoms with Crippen molar-refractivity contribution in [2.24, 2.45) is 0 Å². The lowest BCUT2D eigenvalue weighted by molar-refractivity contribution is 0.386. The van der Waals surface area contributed by atoms with E-state index in [2.05, 4.69) is 20.5 Å². The number of H-pyrrole nitrogens is 1. The summed E-state index contributed by atoms with van der Waals surface area (Å²) in [6.07, 6.45) is 4.08. The van der Waals surface area contributed by atoms with E-state index in [9.17, 15) is 8.42 Å². The van der Waals surface area contributed by atoms with Crippen LogP contribution in [-0.4, -0.2) is 39.7 Å². The van der Waals surface area contributed by atoms with E-state index < -0.39 is 10.0 Å². The molecule has 0 aromatic carbocycles. The van der Waals surface area contributed by atoms with E-state index in [1.165, 1.54) is 0 Å². The predicted octanol–water partition coefficient (Wildman–Crippen LogP) is 1.33. The van der Waals surface area contributed by atoms with E-state index in [-0.39, 0.29) is 5.25 Å². The molecule has 1 saturated carbocycles. The molecule has 4 rings (SSSR count). The van der Waals surface area contributed by atoms with E-state index in [1.807, 2.05) is 5.38 Å². The first-order valence-corrected chi connectivity index (χ1v) is 9.70. The van der Waals surface area contributed by atoms with Crippen LogP contribution in [0.1, 0.15) is 29.8 Å². The van der Waals surface area contributed by atoms with Crippen LogP contribution in [0.3, 0.4) is 0 Å². The van der Waals surface area contributed by atoms with Crippen molar-refractivity contribution in [3.8, 4) is 0 Å². The predicted molar refractivity (Wildman–Crippen MR) is 84.1 cm³/mol. The largest absolute Gasteiger partial charge is 0.356 e. The molecule has 1 aliphatic carbocycles. The third kappa shape index (κ3) is 2.53. The van der Waals surface area contributed by atoms with Gasteiger partial charge in [0.15, 0.2) is 5.13 Å².